The largest absolute Gasteiger partial charge is 0.481 e. The van der Waals surface area contributed by atoms with Gasteiger partial charge >= 0.3 is 5.97 Å². The second-order valence-electron chi connectivity index (χ2n) is 4.90. The molecule has 0 aliphatic rings. The monoisotopic (exact) mass is 285 g/mol. The predicted octanol–water partition coefficient (Wildman–Crippen LogP) is 2.13. The lowest BCUT2D eigenvalue weighted by atomic mass is 9.90. The number of rotatable bonds is 7. The van der Waals surface area contributed by atoms with Crippen LogP contribution in [0.25, 0.3) is 0 Å². The highest BCUT2D eigenvalue weighted by atomic mass is 32.1. The average Bonchev–Trinajstić information content (AvgIpc) is 2.77. The van der Waals surface area contributed by atoms with E-state index in [9.17, 15) is 9.59 Å². The number of amides is 1. The number of hydrogen-bond acceptors (Lipinski definition) is 4. The lowest BCUT2D eigenvalue weighted by Crippen LogP contribution is -2.31. The molecule has 5 nitrogen and oxygen atoms in total. The van der Waals surface area contributed by atoms with Crippen molar-refractivity contribution >= 4 is 23.2 Å². The number of aliphatic carboxylic acids is 1. The van der Waals surface area contributed by atoms with Gasteiger partial charge in [0.2, 0.25) is 0 Å². The third-order valence-corrected chi connectivity index (χ3v) is 3.82. The maximum atomic E-state index is 12.0. The molecule has 0 saturated heterocycles. The third kappa shape index (κ3) is 4.33. The van der Waals surface area contributed by atoms with Crippen molar-refractivity contribution in [3.05, 3.63) is 21.9 Å². The van der Waals surface area contributed by atoms with Gasteiger partial charge in [-0.3, -0.25) is 9.59 Å². The van der Waals surface area contributed by atoms with Crippen LogP contribution in [0.3, 0.4) is 0 Å². The quantitative estimate of drug-likeness (QED) is 0.804. The second-order valence-corrected chi connectivity index (χ2v) is 5.82. The van der Waals surface area contributed by atoms with Gasteiger partial charge in [-0.15, -0.1) is 11.3 Å². The molecule has 1 rings (SSSR count). The van der Waals surface area contributed by atoms with Crippen molar-refractivity contribution < 1.29 is 19.4 Å². The van der Waals surface area contributed by atoms with Gasteiger partial charge in [0.05, 0.1) is 16.9 Å². The van der Waals surface area contributed by atoms with Gasteiger partial charge in [0.15, 0.2) is 0 Å². The van der Waals surface area contributed by atoms with Gasteiger partial charge in [-0.2, -0.15) is 0 Å². The number of carboxylic acid groups (broad SMARTS) is 1. The minimum Gasteiger partial charge on any atom is -0.481 e. The van der Waals surface area contributed by atoms with Crippen LogP contribution in [0.4, 0.5) is 0 Å². The summed E-state index contributed by atoms with van der Waals surface area (Å²) < 4.78 is 5.02. The first-order chi connectivity index (χ1) is 8.88. The predicted molar refractivity (Wildman–Crippen MR) is 73.4 cm³/mol. The molecule has 1 heterocycles. The van der Waals surface area contributed by atoms with E-state index in [1.807, 2.05) is 11.4 Å². The van der Waals surface area contributed by atoms with E-state index in [0.29, 0.717) is 24.4 Å². The number of carboxylic acids is 1. The molecule has 0 aliphatic carbocycles. The van der Waals surface area contributed by atoms with Crippen LogP contribution in [-0.4, -0.2) is 30.6 Å². The van der Waals surface area contributed by atoms with Crippen LogP contribution in [0, 0.1) is 5.41 Å². The van der Waals surface area contributed by atoms with E-state index in [0.717, 1.165) is 5.56 Å². The molecule has 0 bridgehead atoms. The number of nitrogens with one attached hydrogen (secondary N) is 1. The van der Waals surface area contributed by atoms with Crippen LogP contribution < -0.4 is 5.32 Å². The Bertz CT molecular complexity index is 453. The Kier molecular flexibility index (Phi) is 5.50. The van der Waals surface area contributed by atoms with E-state index in [2.05, 4.69) is 5.32 Å². The van der Waals surface area contributed by atoms with Crippen LogP contribution in [-0.2, 0) is 16.1 Å². The Hall–Kier alpha value is -1.40. The van der Waals surface area contributed by atoms with Gasteiger partial charge in [-0.1, -0.05) is 0 Å². The van der Waals surface area contributed by atoms with Crippen LogP contribution in [0.15, 0.2) is 11.4 Å². The number of methoxy groups -OCH3 is 1. The Morgan fingerprint density at radius 3 is 2.74 bits per heavy atom. The highest BCUT2D eigenvalue weighted by Gasteiger charge is 2.26. The standard InChI is InChI=1S/C13H19NO4S/c1-13(2,12(16)17)5-6-14-11(15)10-9(8-18-3)4-7-19-10/h4,7H,5-6,8H2,1-3H3,(H,14,15)(H,16,17). The lowest BCUT2D eigenvalue weighted by molar-refractivity contribution is -0.147. The van der Waals surface area contributed by atoms with E-state index in [4.69, 9.17) is 9.84 Å². The van der Waals surface area contributed by atoms with E-state index < -0.39 is 11.4 Å². The van der Waals surface area contributed by atoms with Crippen LogP contribution in [0.1, 0.15) is 35.5 Å². The number of ether oxygens (including phenoxy) is 1. The maximum Gasteiger partial charge on any atom is 0.309 e. The molecule has 6 heteroatoms. The van der Waals surface area contributed by atoms with Crippen molar-refractivity contribution in [2.24, 2.45) is 5.41 Å². The second kappa shape index (κ2) is 6.68. The molecule has 0 radical (unpaired) electrons. The fourth-order valence-electron chi connectivity index (χ4n) is 1.48. The van der Waals surface area contributed by atoms with Gasteiger partial charge in [-0.05, 0) is 31.7 Å². The first kappa shape index (κ1) is 15.7. The molecular weight excluding hydrogens is 266 g/mol. The Morgan fingerprint density at radius 1 is 1.47 bits per heavy atom. The summed E-state index contributed by atoms with van der Waals surface area (Å²) in [5, 5.41) is 13.6. The van der Waals surface area contributed by atoms with Crippen molar-refractivity contribution in [1.82, 2.24) is 5.32 Å². The Balaban J connectivity index is 2.52. The van der Waals surface area contributed by atoms with Gasteiger partial charge in [-0.25, -0.2) is 0 Å². The summed E-state index contributed by atoms with van der Waals surface area (Å²) in [6.45, 7) is 4.02. The number of hydrogen-bond donors (Lipinski definition) is 2. The molecule has 106 valence electrons. The molecule has 19 heavy (non-hydrogen) atoms. The third-order valence-electron chi connectivity index (χ3n) is 2.87. The zero-order chi connectivity index (χ0) is 14.5. The minimum absolute atomic E-state index is 0.178. The minimum atomic E-state index is -0.863. The zero-order valence-corrected chi connectivity index (χ0v) is 12.2. The van der Waals surface area contributed by atoms with Crippen LogP contribution >= 0.6 is 11.3 Å². The average molecular weight is 285 g/mol. The molecule has 1 aromatic rings. The lowest BCUT2D eigenvalue weighted by Gasteiger charge is -2.18. The van der Waals surface area contributed by atoms with Crippen molar-refractivity contribution in [3.8, 4) is 0 Å². The fourth-order valence-corrected chi connectivity index (χ4v) is 2.31. The normalized spacial score (nSPS) is 11.3. The highest BCUT2D eigenvalue weighted by molar-refractivity contribution is 7.12. The Labute approximate surface area is 116 Å². The molecule has 1 amide bonds. The summed E-state index contributed by atoms with van der Waals surface area (Å²) in [5.74, 6) is -1.04. The SMILES string of the molecule is COCc1ccsc1C(=O)NCCC(C)(C)C(=O)O. The molecule has 2 N–H and O–H groups in total. The highest BCUT2D eigenvalue weighted by Crippen LogP contribution is 2.20. The molecule has 1 aromatic heterocycles. The molecule has 0 unspecified atom stereocenters. The number of carbonyl (C=O) groups is 2. The maximum absolute atomic E-state index is 12.0. The summed E-state index contributed by atoms with van der Waals surface area (Å²) >= 11 is 1.35. The van der Waals surface area contributed by atoms with Gasteiger partial charge < -0.3 is 15.2 Å². The smallest absolute Gasteiger partial charge is 0.309 e. The molecule has 0 aliphatic heterocycles. The number of carbonyl (C=O) groups excluding carboxylic acids is 1. The van der Waals surface area contributed by atoms with Gasteiger partial charge in [0, 0.05) is 19.2 Å². The summed E-state index contributed by atoms with van der Waals surface area (Å²) in [6, 6.07) is 1.85. The van der Waals surface area contributed by atoms with Crippen molar-refractivity contribution in [2.45, 2.75) is 26.9 Å². The first-order valence-corrected chi connectivity index (χ1v) is 6.83. The van der Waals surface area contributed by atoms with Crippen LogP contribution in [0.5, 0.6) is 0 Å². The van der Waals surface area contributed by atoms with Crippen molar-refractivity contribution in [1.29, 1.82) is 0 Å². The first-order valence-electron chi connectivity index (χ1n) is 5.95. The molecule has 0 saturated carbocycles. The van der Waals surface area contributed by atoms with E-state index in [1.54, 1.807) is 21.0 Å². The molecule has 0 aromatic carbocycles. The van der Waals surface area contributed by atoms with Crippen LogP contribution in [0.2, 0.25) is 0 Å². The molecule has 0 atom stereocenters. The summed E-state index contributed by atoms with van der Waals surface area (Å²) in [5.41, 5.74) is 0.0143. The van der Waals surface area contributed by atoms with E-state index >= 15 is 0 Å². The Morgan fingerprint density at radius 2 is 2.16 bits per heavy atom. The van der Waals surface area contributed by atoms with E-state index in [-0.39, 0.29) is 5.91 Å². The van der Waals surface area contributed by atoms with Crippen molar-refractivity contribution in [3.63, 3.8) is 0 Å². The van der Waals surface area contributed by atoms with E-state index in [1.165, 1.54) is 11.3 Å². The zero-order valence-electron chi connectivity index (χ0n) is 11.4. The summed E-state index contributed by atoms with van der Waals surface area (Å²) in [7, 11) is 1.58. The fraction of sp³-hybridized carbons (Fsp3) is 0.538. The van der Waals surface area contributed by atoms with Gasteiger partial charge in [0.25, 0.3) is 5.91 Å². The molecule has 0 fully saturated rings. The van der Waals surface area contributed by atoms with Crippen molar-refractivity contribution in [2.75, 3.05) is 13.7 Å². The summed E-state index contributed by atoms with van der Waals surface area (Å²) in [4.78, 5) is 23.5. The van der Waals surface area contributed by atoms with Gasteiger partial charge in [0.1, 0.15) is 0 Å². The topological polar surface area (TPSA) is 75.6 Å². The molecule has 0 spiro atoms. The molecular formula is C13H19NO4S. The summed E-state index contributed by atoms with van der Waals surface area (Å²) in [6.07, 6.45) is 0.388. The number of thiophene rings is 1.